The summed E-state index contributed by atoms with van der Waals surface area (Å²) in [6, 6.07) is 8.09. The first-order valence-electron chi connectivity index (χ1n) is 8.06. The molecule has 5 nitrogen and oxygen atoms in total. The average Bonchev–Trinajstić information content (AvgIpc) is 2.55. The molecular formula is C18H18FN3O2. The largest absolute Gasteiger partial charge is 0.335 e. The highest BCUT2D eigenvalue weighted by molar-refractivity contribution is 5.95. The summed E-state index contributed by atoms with van der Waals surface area (Å²) in [7, 11) is 0. The first-order valence-corrected chi connectivity index (χ1v) is 8.06. The number of fused-ring (bicyclic) bond motifs is 2. The quantitative estimate of drug-likeness (QED) is 0.909. The SMILES string of the molecule is Cc1ccn(-c2ccc(F)cc2)c(=O)c1C(=O)N1CC2CC(C1)N2. The number of pyridine rings is 1. The number of benzene rings is 1. The van der Waals surface area contributed by atoms with Crippen LogP contribution in [0.25, 0.3) is 5.69 Å². The normalized spacial score (nSPS) is 22.2. The molecule has 0 spiro atoms. The van der Waals surface area contributed by atoms with Gasteiger partial charge in [0.05, 0.1) is 0 Å². The molecule has 5 rings (SSSR count). The number of amides is 1. The Morgan fingerprint density at radius 3 is 2.42 bits per heavy atom. The summed E-state index contributed by atoms with van der Waals surface area (Å²) in [4.78, 5) is 27.5. The number of nitrogens with one attached hydrogen (secondary N) is 1. The zero-order chi connectivity index (χ0) is 16.8. The van der Waals surface area contributed by atoms with E-state index in [0.717, 1.165) is 6.42 Å². The van der Waals surface area contributed by atoms with E-state index in [1.54, 1.807) is 24.1 Å². The minimum Gasteiger partial charge on any atom is -0.335 e. The second-order valence-corrected chi connectivity index (χ2v) is 6.53. The molecule has 2 atom stereocenters. The number of hydrogen-bond acceptors (Lipinski definition) is 3. The van der Waals surface area contributed by atoms with Crippen molar-refractivity contribution in [3.8, 4) is 5.69 Å². The first kappa shape index (κ1) is 15.1. The third-order valence-electron chi connectivity index (χ3n) is 4.83. The number of nitrogens with zero attached hydrogens (tertiary/aromatic N) is 2. The van der Waals surface area contributed by atoms with Gasteiger partial charge in [-0.15, -0.1) is 0 Å². The molecule has 2 aromatic rings. The molecule has 24 heavy (non-hydrogen) atoms. The van der Waals surface area contributed by atoms with Crippen molar-refractivity contribution in [2.75, 3.05) is 13.1 Å². The number of carbonyl (C=O) groups is 1. The van der Waals surface area contributed by atoms with Crippen LogP contribution in [0.1, 0.15) is 22.3 Å². The summed E-state index contributed by atoms with van der Waals surface area (Å²) in [6.07, 6.45) is 2.72. The van der Waals surface area contributed by atoms with E-state index in [1.807, 2.05) is 0 Å². The lowest BCUT2D eigenvalue weighted by Crippen LogP contribution is -2.67. The van der Waals surface area contributed by atoms with Gasteiger partial charge in [-0.05, 0) is 49.2 Å². The van der Waals surface area contributed by atoms with E-state index >= 15 is 0 Å². The Morgan fingerprint density at radius 2 is 1.79 bits per heavy atom. The van der Waals surface area contributed by atoms with Crippen molar-refractivity contribution in [1.82, 2.24) is 14.8 Å². The third kappa shape index (κ3) is 2.43. The standard InChI is InChI=1S/C18H18FN3O2/c1-11-6-7-22(15-4-2-12(19)3-5-15)18(24)16(11)17(23)21-9-13-8-14(10-21)20-13/h2-7,13-14,20H,8-10H2,1H3. The summed E-state index contributed by atoms with van der Waals surface area (Å²) in [5.41, 5.74) is 1.04. The van der Waals surface area contributed by atoms with Crippen molar-refractivity contribution in [3.05, 3.63) is 63.8 Å². The highest BCUT2D eigenvalue weighted by atomic mass is 19.1. The predicted molar refractivity (Wildman–Crippen MR) is 88.0 cm³/mol. The van der Waals surface area contributed by atoms with Crippen molar-refractivity contribution in [2.24, 2.45) is 0 Å². The molecule has 0 radical (unpaired) electrons. The fourth-order valence-corrected chi connectivity index (χ4v) is 3.53. The van der Waals surface area contributed by atoms with Gasteiger partial charge < -0.3 is 10.2 Å². The van der Waals surface area contributed by atoms with Crippen LogP contribution in [0.3, 0.4) is 0 Å². The topological polar surface area (TPSA) is 54.3 Å². The van der Waals surface area contributed by atoms with E-state index in [4.69, 9.17) is 0 Å². The Balaban J connectivity index is 1.72. The van der Waals surface area contributed by atoms with Crippen LogP contribution in [0, 0.1) is 12.7 Å². The second kappa shape index (κ2) is 5.56. The Bertz CT molecular complexity index is 844. The highest BCUT2D eigenvalue weighted by Crippen LogP contribution is 2.22. The molecule has 2 unspecified atom stereocenters. The van der Waals surface area contributed by atoms with Crippen LogP contribution in [0.4, 0.5) is 4.39 Å². The smallest absolute Gasteiger partial charge is 0.268 e. The molecule has 6 heteroatoms. The summed E-state index contributed by atoms with van der Waals surface area (Å²) in [5.74, 6) is -0.583. The van der Waals surface area contributed by atoms with Gasteiger partial charge in [0.15, 0.2) is 0 Å². The molecule has 124 valence electrons. The number of piperidine rings is 1. The van der Waals surface area contributed by atoms with Gasteiger partial charge in [-0.1, -0.05) is 0 Å². The number of aromatic nitrogens is 1. The summed E-state index contributed by atoms with van der Waals surface area (Å²) in [5, 5.41) is 3.37. The van der Waals surface area contributed by atoms with Gasteiger partial charge in [-0.3, -0.25) is 14.2 Å². The van der Waals surface area contributed by atoms with Gasteiger partial charge in [0.2, 0.25) is 0 Å². The van der Waals surface area contributed by atoms with E-state index in [2.05, 4.69) is 5.32 Å². The van der Waals surface area contributed by atoms with Crippen LogP contribution in [0.2, 0.25) is 0 Å². The fraction of sp³-hybridized carbons (Fsp3) is 0.333. The zero-order valence-electron chi connectivity index (χ0n) is 13.3. The maximum absolute atomic E-state index is 13.1. The van der Waals surface area contributed by atoms with Crippen LogP contribution in [-0.2, 0) is 0 Å². The molecule has 1 aromatic heterocycles. The van der Waals surface area contributed by atoms with Gasteiger partial charge in [0.25, 0.3) is 11.5 Å². The van der Waals surface area contributed by atoms with Gasteiger partial charge >= 0.3 is 0 Å². The molecular weight excluding hydrogens is 309 g/mol. The van der Waals surface area contributed by atoms with E-state index in [1.165, 1.54) is 28.8 Å². The van der Waals surface area contributed by atoms with Crippen molar-refractivity contribution < 1.29 is 9.18 Å². The molecule has 3 fully saturated rings. The average molecular weight is 327 g/mol. The highest BCUT2D eigenvalue weighted by Gasteiger charge is 2.39. The fourth-order valence-electron chi connectivity index (χ4n) is 3.53. The predicted octanol–water partition coefficient (Wildman–Crippen LogP) is 1.47. The molecule has 0 aliphatic carbocycles. The summed E-state index contributed by atoms with van der Waals surface area (Å²) in [6.45, 7) is 3.05. The van der Waals surface area contributed by atoms with Gasteiger partial charge in [-0.2, -0.15) is 0 Å². The molecule has 3 aliphatic heterocycles. The van der Waals surface area contributed by atoms with Crippen molar-refractivity contribution in [2.45, 2.75) is 25.4 Å². The van der Waals surface area contributed by atoms with E-state index in [-0.39, 0.29) is 22.8 Å². The van der Waals surface area contributed by atoms with Crippen molar-refractivity contribution in [3.63, 3.8) is 0 Å². The molecule has 0 saturated carbocycles. The molecule has 1 N–H and O–H groups in total. The van der Waals surface area contributed by atoms with Crippen molar-refractivity contribution >= 4 is 5.91 Å². The molecule has 1 aromatic carbocycles. The number of piperazine rings is 1. The third-order valence-corrected chi connectivity index (χ3v) is 4.83. The maximum Gasteiger partial charge on any atom is 0.268 e. The van der Waals surface area contributed by atoms with E-state index < -0.39 is 0 Å². The number of carbonyl (C=O) groups excluding carboxylic acids is 1. The number of rotatable bonds is 2. The van der Waals surface area contributed by atoms with Crippen molar-refractivity contribution in [1.29, 1.82) is 0 Å². The Morgan fingerprint density at radius 1 is 1.17 bits per heavy atom. The second-order valence-electron chi connectivity index (χ2n) is 6.53. The van der Waals surface area contributed by atoms with Gasteiger partial charge in [-0.25, -0.2) is 4.39 Å². The molecule has 4 heterocycles. The zero-order valence-corrected chi connectivity index (χ0v) is 13.3. The molecule has 2 bridgehead atoms. The number of aryl methyl sites for hydroxylation is 1. The molecule has 3 saturated heterocycles. The minimum absolute atomic E-state index is 0.197. The van der Waals surface area contributed by atoms with Crippen LogP contribution < -0.4 is 10.9 Å². The Labute approximate surface area is 138 Å². The lowest BCUT2D eigenvalue weighted by Gasteiger charge is -2.48. The molecule has 1 amide bonds. The summed E-state index contributed by atoms with van der Waals surface area (Å²) < 4.78 is 14.5. The lowest BCUT2D eigenvalue weighted by atomic mass is 9.91. The Hall–Kier alpha value is -2.47. The van der Waals surface area contributed by atoms with Crippen LogP contribution >= 0.6 is 0 Å². The van der Waals surface area contributed by atoms with E-state index in [0.29, 0.717) is 36.4 Å². The van der Waals surface area contributed by atoms with Crippen LogP contribution in [0.5, 0.6) is 0 Å². The number of halogens is 1. The van der Waals surface area contributed by atoms with E-state index in [9.17, 15) is 14.0 Å². The molecule has 3 aliphatic rings. The Kier molecular flexibility index (Phi) is 3.49. The first-order chi connectivity index (χ1) is 11.5. The minimum atomic E-state index is -0.366. The lowest BCUT2D eigenvalue weighted by molar-refractivity contribution is 0.0471. The monoisotopic (exact) mass is 327 g/mol. The number of hydrogen-bond donors (Lipinski definition) is 1. The maximum atomic E-state index is 13.1. The summed E-state index contributed by atoms with van der Waals surface area (Å²) >= 11 is 0. The van der Waals surface area contributed by atoms with Gasteiger partial charge in [0.1, 0.15) is 11.4 Å². The van der Waals surface area contributed by atoms with Crippen LogP contribution in [0.15, 0.2) is 41.3 Å². The van der Waals surface area contributed by atoms with Crippen LogP contribution in [-0.4, -0.2) is 40.5 Å². The van der Waals surface area contributed by atoms with Gasteiger partial charge in [0, 0.05) is 37.1 Å².